The maximum Gasteiger partial charge on any atom is 0.223 e. The lowest BCUT2D eigenvalue weighted by Crippen LogP contribution is -2.35. The van der Waals surface area contributed by atoms with Crippen LogP contribution in [0.15, 0.2) is 0 Å². The van der Waals surface area contributed by atoms with Crippen LogP contribution >= 0.6 is 12.2 Å². The van der Waals surface area contributed by atoms with Gasteiger partial charge < -0.3 is 15.5 Å². The SMILES string of the molecule is CN(CCC(=O)N(C)CCC(N)=S)CC(C)(C)C. The lowest BCUT2D eigenvalue weighted by Gasteiger charge is -2.27. The predicted octanol–water partition coefficient (Wildman–Crippen LogP) is 1.49. The Morgan fingerprint density at radius 2 is 1.72 bits per heavy atom. The fraction of sp³-hybridized carbons (Fsp3) is 0.846. The molecule has 4 nitrogen and oxygen atoms in total. The molecule has 1 amide bonds. The summed E-state index contributed by atoms with van der Waals surface area (Å²) in [6.45, 7) is 8.96. The zero-order valence-corrected chi connectivity index (χ0v) is 13.1. The van der Waals surface area contributed by atoms with E-state index in [4.69, 9.17) is 18.0 Å². The molecule has 5 heteroatoms. The van der Waals surface area contributed by atoms with Crippen molar-refractivity contribution in [2.24, 2.45) is 11.1 Å². The highest BCUT2D eigenvalue weighted by Gasteiger charge is 2.15. The number of amides is 1. The van der Waals surface area contributed by atoms with Gasteiger partial charge in [0, 0.05) is 39.5 Å². The zero-order valence-electron chi connectivity index (χ0n) is 12.3. The molecule has 0 unspecified atom stereocenters. The molecule has 18 heavy (non-hydrogen) atoms. The van der Waals surface area contributed by atoms with E-state index in [9.17, 15) is 4.79 Å². The van der Waals surface area contributed by atoms with Crippen molar-refractivity contribution >= 4 is 23.1 Å². The first-order chi connectivity index (χ1) is 8.11. The second-order valence-corrected chi connectivity index (χ2v) is 6.60. The molecule has 2 N–H and O–H groups in total. The number of carbonyl (C=O) groups is 1. The van der Waals surface area contributed by atoms with E-state index in [0.29, 0.717) is 24.4 Å². The number of hydrogen-bond donors (Lipinski definition) is 1. The van der Waals surface area contributed by atoms with Crippen LogP contribution in [-0.2, 0) is 4.79 Å². The van der Waals surface area contributed by atoms with E-state index in [1.165, 1.54) is 0 Å². The number of thiocarbonyl (C=S) groups is 1. The summed E-state index contributed by atoms with van der Waals surface area (Å²) >= 11 is 4.80. The van der Waals surface area contributed by atoms with Gasteiger partial charge >= 0.3 is 0 Å². The molecule has 0 spiro atoms. The first kappa shape index (κ1) is 17.3. The lowest BCUT2D eigenvalue weighted by atomic mass is 9.96. The molecule has 0 bridgehead atoms. The molecule has 0 aromatic rings. The van der Waals surface area contributed by atoms with Crippen LogP contribution in [0, 0.1) is 5.41 Å². The van der Waals surface area contributed by atoms with Crippen molar-refractivity contribution in [1.82, 2.24) is 9.80 Å². The zero-order chi connectivity index (χ0) is 14.3. The van der Waals surface area contributed by atoms with E-state index in [1.54, 1.807) is 11.9 Å². The smallest absolute Gasteiger partial charge is 0.223 e. The summed E-state index contributed by atoms with van der Waals surface area (Å²) < 4.78 is 0. The monoisotopic (exact) mass is 273 g/mol. The first-order valence-electron chi connectivity index (χ1n) is 6.32. The van der Waals surface area contributed by atoms with Gasteiger partial charge in [0.1, 0.15) is 0 Å². The Balaban J connectivity index is 3.91. The summed E-state index contributed by atoms with van der Waals surface area (Å²) in [5, 5.41) is 0. The van der Waals surface area contributed by atoms with Gasteiger partial charge in [0.15, 0.2) is 0 Å². The van der Waals surface area contributed by atoms with Gasteiger partial charge in [-0.3, -0.25) is 4.79 Å². The van der Waals surface area contributed by atoms with Gasteiger partial charge in [0.2, 0.25) is 5.91 Å². The van der Waals surface area contributed by atoms with Gasteiger partial charge in [0.25, 0.3) is 0 Å². The van der Waals surface area contributed by atoms with Crippen molar-refractivity contribution < 1.29 is 4.79 Å². The Morgan fingerprint density at radius 3 is 2.17 bits per heavy atom. The highest BCUT2D eigenvalue weighted by atomic mass is 32.1. The molecule has 0 aliphatic carbocycles. The molecule has 0 rings (SSSR count). The third kappa shape index (κ3) is 9.36. The van der Waals surface area contributed by atoms with Gasteiger partial charge in [-0.1, -0.05) is 33.0 Å². The Hall–Kier alpha value is -0.680. The van der Waals surface area contributed by atoms with E-state index in [-0.39, 0.29) is 11.3 Å². The van der Waals surface area contributed by atoms with Gasteiger partial charge in [-0.15, -0.1) is 0 Å². The summed E-state index contributed by atoms with van der Waals surface area (Å²) in [6, 6.07) is 0. The molecule has 0 aliphatic rings. The molecular formula is C13H27N3OS. The van der Waals surface area contributed by atoms with Gasteiger partial charge in [-0.2, -0.15) is 0 Å². The summed E-state index contributed by atoms with van der Waals surface area (Å²) in [5.41, 5.74) is 5.68. The lowest BCUT2D eigenvalue weighted by molar-refractivity contribution is -0.130. The summed E-state index contributed by atoms with van der Waals surface area (Å²) in [6.07, 6.45) is 1.13. The maximum atomic E-state index is 11.8. The first-order valence-corrected chi connectivity index (χ1v) is 6.73. The standard InChI is InChI=1S/C13H27N3OS/c1-13(2,3)10-15(4)8-7-12(17)16(5)9-6-11(14)18/h6-10H2,1-5H3,(H2,14,18). The minimum Gasteiger partial charge on any atom is -0.393 e. The highest BCUT2D eigenvalue weighted by Crippen LogP contribution is 2.14. The van der Waals surface area contributed by atoms with Crippen molar-refractivity contribution in [2.45, 2.75) is 33.6 Å². The van der Waals surface area contributed by atoms with Crippen molar-refractivity contribution in [2.75, 3.05) is 33.7 Å². The van der Waals surface area contributed by atoms with Crippen molar-refractivity contribution in [3.05, 3.63) is 0 Å². The van der Waals surface area contributed by atoms with E-state index < -0.39 is 0 Å². The molecule has 106 valence electrons. The molecule has 0 aliphatic heterocycles. The van der Waals surface area contributed by atoms with Crippen LogP contribution in [0.4, 0.5) is 0 Å². The number of carbonyl (C=O) groups excluding carboxylic acids is 1. The van der Waals surface area contributed by atoms with Crippen LogP contribution in [0.1, 0.15) is 33.6 Å². The fourth-order valence-electron chi connectivity index (χ4n) is 1.77. The van der Waals surface area contributed by atoms with Crippen LogP contribution < -0.4 is 5.73 Å². The van der Waals surface area contributed by atoms with Crippen LogP contribution in [0.2, 0.25) is 0 Å². The Kier molecular flexibility index (Phi) is 7.40. The van der Waals surface area contributed by atoms with Crippen LogP contribution in [0.25, 0.3) is 0 Å². The summed E-state index contributed by atoms with van der Waals surface area (Å²) in [5.74, 6) is 0.145. The number of nitrogens with zero attached hydrogens (tertiary/aromatic N) is 2. The average Bonchev–Trinajstić information content (AvgIpc) is 2.19. The average molecular weight is 273 g/mol. The van der Waals surface area contributed by atoms with Crippen LogP contribution in [0.5, 0.6) is 0 Å². The molecule has 0 aromatic carbocycles. The third-order valence-corrected chi connectivity index (χ3v) is 2.78. The molecule has 0 aromatic heterocycles. The fourth-order valence-corrected chi connectivity index (χ4v) is 1.86. The number of hydrogen-bond acceptors (Lipinski definition) is 3. The van der Waals surface area contributed by atoms with Crippen molar-refractivity contribution in [1.29, 1.82) is 0 Å². The van der Waals surface area contributed by atoms with Crippen LogP contribution in [0.3, 0.4) is 0 Å². The third-order valence-electron chi connectivity index (χ3n) is 2.57. The van der Waals surface area contributed by atoms with Gasteiger partial charge in [-0.25, -0.2) is 0 Å². The Labute approximate surface area is 116 Å². The minimum atomic E-state index is 0.145. The highest BCUT2D eigenvalue weighted by molar-refractivity contribution is 7.80. The van der Waals surface area contributed by atoms with E-state index in [0.717, 1.165) is 13.1 Å². The largest absolute Gasteiger partial charge is 0.393 e. The molecular weight excluding hydrogens is 246 g/mol. The van der Waals surface area contributed by atoms with Crippen molar-refractivity contribution in [3.8, 4) is 0 Å². The molecule has 0 fully saturated rings. The summed E-state index contributed by atoms with van der Waals surface area (Å²) in [4.78, 5) is 16.2. The molecule has 0 heterocycles. The van der Waals surface area contributed by atoms with Crippen LogP contribution in [-0.4, -0.2) is 54.4 Å². The number of rotatable bonds is 7. The van der Waals surface area contributed by atoms with E-state index >= 15 is 0 Å². The molecule has 0 saturated carbocycles. The van der Waals surface area contributed by atoms with E-state index in [2.05, 4.69) is 25.7 Å². The molecule has 0 radical (unpaired) electrons. The second-order valence-electron chi connectivity index (χ2n) is 6.08. The molecule has 0 saturated heterocycles. The van der Waals surface area contributed by atoms with E-state index in [1.807, 2.05) is 7.05 Å². The Morgan fingerprint density at radius 1 is 1.17 bits per heavy atom. The Bertz CT molecular complexity index is 286. The normalized spacial score (nSPS) is 11.7. The maximum absolute atomic E-state index is 11.8. The van der Waals surface area contributed by atoms with Gasteiger partial charge in [0.05, 0.1) is 4.99 Å². The quantitative estimate of drug-likeness (QED) is 0.714. The van der Waals surface area contributed by atoms with Crippen molar-refractivity contribution in [3.63, 3.8) is 0 Å². The molecule has 0 atom stereocenters. The minimum absolute atomic E-state index is 0.145. The predicted molar refractivity (Wildman–Crippen MR) is 80.6 cm³/mol. The summed E-state index contributed by atoms with van der Waals surface area (Å²) in [7, 11) is 3.85. The van der Waals surface area contributed by atoms with Gasteiger partial charge in [-0.05, 0) is 12.5 Å². The topological polar surface area (TPSA) is 49.6 Å². The number of nitrogens with two attached hydrogens (primary N) is 1. The second kappa shape index (κ2) is 7.69.